The normalized spacial score (nSPS) is 27.3. The van der Waals surface area contributed by atoms with E-state index in [0.717, 1.165) is 12.8 Å². The van der Waals surface area contributed by atoms with Crippen LogP contribution in [0.15, 0.2) is 23.1 Å². The summed E-state index contributed by atoms with van der Waals surface area (Å²) in [5, 5.41) is 3.88. The lowest BCUT2D eigenvalue weighted by molar-refractivity contribution is -0.0337. The highest BCUT2D eigenvalue weighted by atomic mass is 35.5. The quantitative estimate of drug-likeness (QED) is 0.930. The van der Waals surface area contributed by atoms with E-state index in [4.69, 9.17) is 16.3 Å². The van der Waals surface area contributed by atoms with E-state index in [1.54, 1.807) is 12.1 Å². The highest BCUT2D eigenvalue weighted by Gasteiger charge is 2.25. The summed E-state index contributed by atoms with van der Waals surface area (Å²) in [6.45, 7) is 4.08. The van der Waals surface area contributed by atoms with Gasteiger partial charge in [-0.2, -0.15) is 0 Å². The third kappa shape index (κ3) is 3.87. The summed E-state index contributed by atoms with van der Waals surface area (Å²) in [6.07, 6.45) is 3.33. The lowest BCUT2D eigenvalue weighted by Crippen LogP contribution is -2.36. The van der Waals surface area contributed by atoms with Gasteiger partial charge in [0.05, 0.1) is 27.8 Å². The zero-order valence-electron chi connectivity index (χ0n) is 11.9. The Kier molecular flexibility index (Phi) is 4.62. The number of ether oxygens (including phenoxy) is 1. The minimum atomic E-state index is -3.23. The fourth-order valence-electron chi connectivity index (χ4n) is 2.59. The van der Waals surface area contributed by atoms with Gasteiger partial charge in [-0.15, -0.1) is 0 Å². The van der Waals surface area contributed by atoms with Crippen molar-refractivity contribution in [3.63, 3.8) is 0 Å². The molecular formula is C14H20ClNO3S. The van der Waals surface area contributed by atoms with E-state index in [1.165, 1.54) is 12.3 Å². The predicted octanol–water partition coefficient (Wildman–Crippen LogP) is 3.11. The molecule has 0 aromatic heterocycles. The van der Waals surface area contributed by atoms with E-state index >= 15 is 0 Å². The van der Waals surface area contributed by atoms with E-state index in [2.05, 4.69) is 5.32 Å². The van der Waals surface area contributed by atoms with Gasteiger partial charge in [0.25, 0.3) is 0 Å². The second-order valence-electron chi connectivity index (χ2n) is 5.48. The Morgan fingerprint density at radius 1 is 1.25 bits per heavy atom. The third-order valence-electron chi connectivity index (χ3n) is 3.42. The van der Waals surface area contributed by atoms with E-state index in [1.807, 2.05) is 13.8 Å². The average molecular weight is 318 g/mol. The Morgan fingerprint density at radius 2 is 1.85 bits per heavy atom. The number of hydrogen-bond donors (Lipinski definition) is 1. The van der Waals surface area contributed by atoms with Crippen molar-refractivity contribution in [2.24, 2.45) is 0 Å². The monoisotopic (exact) mass is 317 g/mol. The molecule has 0 amide bonds. The van der Waals surface area contributed by atoms with Crippen molar-refractivity contribution in [2.75, 3.05) is 11.6 Å². The van der Waals surface area contributed by atoms with Crippen LogP contribution in [0.4, 0.5) is 5.69 Å². The maximum atomic E-state index is 11.6. The molecule has 6 heteroatoms. The topological polar surface area (TPSA) is 55.4 Å². The van der Waals surface area contributed by atoms with Crippen LogP contribution in [0.2, 0.25) is 5.02 Å². The first-order chi connectivity index (χ1) is 9.25. The summed E-state index contributed by atoms with van der Waals surface area (Å²) in [7, 11) is -3.23. The molecule has 2 unspecified atom stereocenters. The number of anilines is 1. The highest BCUT2D eigenvalue weighted by molar-refractivity contribution is 7.90. The summed E-state index contributed by atoms with van der Waals surface area (Å²) in [5.74, 6) is 0. The standard InChI is InChI=1S/C14H20ClNO3S/c1-9-6-11(7-10(2)19-9)16-14-8-12(20(3,17)18)4-5-13(14)15/h4-5,8-11,16H,6-7H2,1-3H3. The summed E-state index contributed by atoms with van der Waals surface area (Å²) < 4.78 is 28.9. The van der Waals surface area contributed by atoms with Crippen molar-refractivity contribution in [3.05, 3.63) is 23.2 Å². The molecule has 0 bridgehead atoms. The fraction of sp³-hybridized carbons (Fsp3) is 0.571. The van der Waals surface area contributed by atoms with Crippen LogP contribution in [0.25, 0.3) is 0 Å². The first-order valence-electron chi connectivity index (χ1n) is 6.67. The molecule has 0 aliphatic carbocycles. The first-order valence-corrected chi connectivity index (χ1v) is 8.94. The van der Waals surface area contributed by atoms with Gasteiger partial charge in [0.15, 0.2) is 9.84 Å². The van der Waals surface area contributed by atoms with Crippen LogP contribution < -0.4 is 5.32 Å². The van der Waals surface area contributed by atoms with E-state index in [-0.39, 0.29) is 23.1 Å². The zero-order chi connectivity index (χ0) is 14.9. The van der Waals surface area contributed by atoms with Crippen molar-refractivity contribution >= 4 is 27.1 Å². The summed E-state index contributed by atoms with van der Waals surface area (Å²) >= 11 is 6.15. The van der Waals surface area contributed by atoms with Crippen LogP contribution in [0, 0.1) is 0 Å². The molecule has 1 heterocycles. The van der Waals surface area contributed by atoms with Gasteiger partial charge in [-0.1, -0.05) is 11.6 Å². The number of hydrogen-bond acceptors (Lipinski definition) is 4. The lowest BCUT2D eigenvalue weighted by Gasteiger charge is -2.33. The predicted molar refractivity (Wildman–Crippen MR) is 81.2 cm³/mol. The molecule has 0 spiro atoms. The van der Waals surface area contributed by atoms with Gasteiger partial charge in [-0.3, -0.25) is 0 Å². The summed E-state index contributed by atoms with van der Waals surface area (Å²) in [4.78, 5) is 0.276. The number of rotatable bonds is 3. The number of nitrogens with one attached hydrogen (secondary N) is 1. The van der Waals surface area contributed by atoms with Crippen molar-refractivity contribution < 1.29 is 13.2 Å². The SMILES string of the molecule is CC1CC(Nc2cc(S(C)(=O)=O)ccc2Cl)CC(C)O1. The zero-order valence-corrected chi connectivity index (χ0v) is 13.5. The minimum absolute atomic E-state index is 0.188. The molecule has 1 aromatic rings. The Hall–Kier alpha value is -0.780. The van der Waals surface area contributed by atoms with Crippen molar-refractivity contribution in [3.8, 4) is 0 Å². The van der Waals surface area contributed by atoms with Crippen molar-refractivity contribution in [1.82, 2.24) is 0 Å². The molecule has 0 saturated carbocycles. The van der Waals surface area contributed by atoms with E-state index in [9.17, 15) is 8.42 Å². The Bertz CT molecular complexity index is 578. The molecule has 2 rings (SSSR count). The Labute approximate surface area is 125 Å². The summed E-state index contributed by atoms with van der Waals surface area (Å²) in [6, 6.07) is 4.98. The second-order valence-corrected chi connectivity index (χ2v) is 7.91. The Balaban J connectivity index is 2.20. The van der Waals surface area contributed by atoms with E-state index in [0.29, 0.717) is 10.7 Å². The molecule has 1 N–H and O–H groups in total. The van der Waals surface area contributed by atoms with Crippen LogP contribution in [0.1, 0.15) is 26.7 Å². The fourth-order valence-corrected chi connectivity index (χ4v) is 3.41. The first kappa shape index (κ1) is 15.6. The van der Waals surface area contributed by atoms with Gasteiger partial charge < -0.3 is 10.1 Å². The molecule has 1 aliphatic rings. The van der Waals surface area contributed by atoms with Gasteiger partial charge >= 0.3 is 0 Å². The van der Waals surface area contributed by atoms with Gasteiger partial charge in [-0.05, 0) is 44.9 Å². The Morgan fingerprint density at radius 3 is 2.40 bits per heavy atom. The molecule has 20 heavy (non-hydrogen) atoms. The molecule has 4 nitrogen and oxygen atoms in total. The summed E-state index contributed by atoms with van der Waals surface area (Å²) in [5.41, 5.74) is 0.667. The van der Waals surface area contributed by atoms with Crippen molar-refractivity contribution in [1.29, 1.82) is 0 Å². The van der Waals surface area contributed by atoms with Crippen LogP contribution in [0.5, 0.6) is 0 Å². The van der Waals surface area contributed by atoms with Crippen LogP contribution in [-0.4, -0.2) is 32.9 Å². The molecule has 112 valence electrons. The molecule has 1 aliphatic heterocycles. The molecule has 1 saturated heterocycles. The maximum absolute atomic E-state index is 11.6. The number of sulfone groups is 1. The number of benzene rings is 1. The van der Waals surface area contributed by atoms with Gasteiger partial charge in [0.2, 0.25) is 0 Å². The smallest absolute Gasteiger partial charge is 0.175 e. The van der Waals surface area contributed by atoms with Gasteiger partial charge in [-0.25, -0.2) is 8.42 Å². The molecule has 0 radical (unpaired) electrons. The lowest BCUT2D eigenvalue weighted by atomic mass is 9.99. The highest BCUT2D eigenvalue weighted by Crippen LogP contribution is 2.29. The molecule has 1 fully saturated rings. The van der Waals surface area contributed by atoms with Crippen LogP contribution in [-0.2, 0) is 14.6 Å². The molecule has 2 atom stereocenters. The van der Waals surface area contributed by atoms with Gasteiger partial charge in [0.1, 0.15) is 0 Å². The largest absolute Gasteiger partial charge is 0.381 e. The third-order valence-corrected chi connectivity index (χ3v) is 4.86. The van der Waals surface area contributed by atoms with Crippen LogP contribution >= 0.6 is 11.6 Å². The van der Waals surface area contributed by atoms with Crippen molar-refractivity contribution in [2.45, 2.75) is 49.8 Å². The second kappa shape index (κ2) is 5.92. The van der Waals surface area contributed by atoms with Gasteiger partial charge in [0, 0.05) is 12.3 Å². The minimum Gasteiger partial charge on any atom is -0.381 e. The van der Waals surface area contributed by atoms with E-state index < -0.39 is 9.84 Å². The molecule has 1 aromatic carbocycles. The average Bonchev–Trinajstić information content (AvgIpc) is 2.29. The molecular weight excluding hydrogens is 298 g/mol. The van der Waals surface area contributed by atoms with Crippen LogP contribution in [0.3, 0.4) is 0 Å². The maximum Gasteiger partial charge on any atom is 0.175 e. The number of halogens is 1.